The van der Waals surface area contributed by atoms with E-state index in [0.717, 1.165) is 17.5 Å². The van der Waals surface area contributed by atoms with Gasteiger partial charge >= 0.3 is 0 Å². The number of hydrogen-bond acceptors (Lipinski definition) is 7. The normalized spacial score (nSPS) is 13.6. The van der Waals surface area contributed by atoms with Gasteiger partial charge in [0.15, 0.2) is 22.4 Å². The highest BCUT2D eigenvalue weighted by molar-refractivity contribution is 8.01. The average Bonchev–Trinajstić information content (AvgIpc) is 3.36. The molecule has 0 aliphatic carbocycles. The Hall–Kier alpha value is -3.04. The van der Waals surface area contributed by atoms with E-state index in [0.29, 0.717) is 33.1 Å². The maximum Gasteiger partial charge on any atom is 0.262 e. The van der Waals surface area contributed by atoms with Gasteiger partial charge in [-0.25, -0.2) is 4.98 Å². The van der Waals surface area contributed by atoms with Gasteiger partial charge in [0.1, 0.15) is 16.3 Å². The van der Waals surface area contributed by atoms with Crippen LogP contribution < -0.4 is 20.1 Å². The van der Waals surface area contributed by atoms with E-state index < -0.39 is 0 Å². The number of nitrogens with one attached hydrogen (secondary N) is 2. The van der Waals surface area contributed by atoms with Crippen molar-refractivity contribution in [3.8, 4) is 22.8 Å². The predicted molar refractivity (Wildman–Crippen MR) is 136 cm³/mol. The van der Waals surface area contributed by atoms with Gasteiger partial charge in [-0.05, 0) is 26.8 Å². The first-order valence-corrected chi connectivity index (χ1v) is 12.8. The van der Waals surface area contributed by atoms with E-state index in [-0.39, 0.29) is 29.8 Å². The summed E-state index contributed by atoms with van der Waals surface area (Å²) in [6.07, 6.45) is 0.795. The average molecular weight is 498 g/mol. The number of thiazole rings is 1. The van der Waals surface area contributed by atoms with Crippen molar-refractivity contribution in [1.82, 2.24) is 10.3 Å². The summed E-state index contributed by atoms with van der Waals surface area (Å²) >= 11 is 2.69. The number of fused-ring (bicyclic) bond motifs is 1. The number of amides is 2. The molecule has 1 aliphatic rings. The van der Waals surface area contributed by atoms with Gasteiger partial charge < -0.3 is 20.1 Å². The third kappa shape index (κ3) is 5.90. The van der Waals surface area contributed by atoms with E-state index in [1.807, 2.05) is 69.3 Å². The van der Waals surface area contributed by atoms with Crippen molar-refractivity contribution in [2.45, 2.75) is 37.1 Å². The SMILES string of the molecule is CCNC(=O)CSc1nc(-c2ccccc2)c(NC(=O)COc2cccc3c2OC(C)(C)C3)s1. The molecule has 2 heterocycles. The highest BCUT2D eigenvalue weighted by atomic mass is 32.2. The molecule has 9 heteroatoms. The first-order valence-electron chi connectivity index (χ1n) is 11.0. The Morgan fingerprint density at radius 1 is 1.15 bits per heavy atom. The van der Waals surface area contributed by atoms with Gasteiger partial charge in [-0.1, -0.05) is 65.6 Å². The number of para-hydroxylation sites is 1. The number of carbonyl (C=O) groups excluding carboxylic acids is 2. The van der Waals surface area contributed by atoms with Crippen molar-refractivity contribution in [3.63, 3.8) is 0 Å². The number of carbonyl (C=O) groups is 2. The third-order valence-electron chi connectivity index (χ3n) is 5.02. The van der Waals surface area contributed by atoms with Gasteiger partial charge in [0, 0.05) is 24.1 Å². The molecule has 0 atom stereocenters. The number of rotatable bonds is 9. The summed E-state index contributed by atoms with van der Waals surface area (Å²) < 4.78 is 12.5. The van der Waals surface area contributed by atoms with Crippen molar-refractivity contribution < 1.29 is 19.1 Å². The number of ether oxygens (including phenoxy) is 2. The maximum absolute atomic E-state index is 12.8. The van der Waals surface area contributed by atoms with E-state index in [4.69, 9.17) is 9.47 Å². The summed E-state index contributed by atoms with van der Waals surface area (Å²) in [7, 11) is 0. The van der Waals surface area contributed by atoms with Crippen molar-refractivity contribution >= 4 is 39.9 Å². The first-order chi connectivity index (χ1) is 16.3. The molecule has 2 N–H and O–H groups in total. The molecular formula is C25H27N3O4S2. The predicted octanol–water partition coefficient (Wildman–Crippen LogP) is 4.77. The van der Waals surface area contributed by atoms with Crippen LogP contribution in [0.1, 0.15) is 26.3 Å². The number of thioether (sulfide) groups is 1. The van der Waals surface area contributed by atoms with Crippen LogP contribution in [0.15, 0.2) is 52.9 Å². The number of anilines is 1. The Labute approximate surface area is 207 Å². The summed E-state index contributed by atoms with van der Waals surface area (Å²) in [5, 5.41) is 6.33. The summed E-state index contributed by atoms with van der Waals surface area (Å²) in [5.74, 6) is 1.18. The second-order valence-corrected chi connectivity index (χ2v) is 10.6. The molecule has 1 aliphatic heterocycles. The molecule has 0 saturated carbocycles. The van der Waals surface area contributed by atoms with Crippen LogP contribution in [0.3, 0.4) is 0 Å². The highest BCUT2D eigenvalue weighted by Gasteiger charge is 2.32. The van der Waals surface area contributed by atoms with Crippen molar-refractivity contribution in [2.75, 3.05) is 24.2 Å². The Bertz CT molecular complexity index is 1180. The molecule has 2 amide bonds. The van der Waals surface area contributed by atoms with Gasteiger partial charge in [-0.3, -0.25) is 9.59 Å². The lowest BCUT2D eigenvalue weighted by Gasteiger charge is -2.18. The lowest BCUT2D eigenvalue weighted by Crippen LogP contribution is -2.25. The molecule has 3 aromatic rings. The molecule has 0 radical (unpaired) electrons. The highest BCUT2D eigenvalue weighted by Crippen LogP contribution is 2.42. The second-order valence-electron chi connectivity index (χ2n) is 8.39. The molecule has 178 valence electrons. The quantitative estimate of drug-likeness (QED) is 0.414. The van der Waals surface area contributed by atoms with Gasteiger partial charge in [-0.15, -0.1) is 0 Å². The Morgan fingerprint density at radius 2 is 1.94 bits per heavy atom. The topological polar surface area (TPSA) is 89.6 Å². The van der Waals surface area contributed by atoms with E-state index in [2.05, 4.69) is 15.6 Å². The molecule has 7 nitrogen and oxygen atoms in total. The van der Waals surface area contributed by atoms with Crippen molar-refractivity contribution in [1.29, 1.82) is 0 Å². The molecule has 0 saturated heterocycles. The monoisotopic (exact) mass is 497 g/mol. The lowest BCUT2D eigenvalue weighted by atomic mass is 10.0. The molecule has 1 aromatic heterocycles. The van der Waals surface area contributed by atoms with Gasteiger partial charge in [0.25, 0.3) is 5.91 Å². The summed E-state index contributed by atoms with van der Waals surface area (Å²) in [6.45, 7) is 6.36. The Morgan fingerprint density at radius 3 is 2.71 bits per heavy atom. The number of aromatic nitrogens is 1. The van der Waals surface area contributed by atoms with Gasteiger partial charge in [0.2, 0.25) is 5.91 Å². The zero-order chi connectivity index (χ0) is 24.1. The van der Waals surface area contributed by atoms with Crippen LogP contribution in [0.25, 0.3) is 11.3 Å². The molecular weight excluding hydrogens is 470 g/mol. The van der Waals surface area contributed by atoms with E-state index in [1.54, 1.807) is 0 Å². The zero-order valence-corrected chi connectivity index (χ0v) is 21.0. The second kappa shape index (κ2) is 10.5. The largest absolute Gasteiger partial charge is 0.483 e. The summed E-state index contributed by atoms with van der Waals surface area (Å²) in [5.41, 5.74) is 2.34. The third-order valence-corrected chi connectivity index (χ3v) is 7.14. The molecule has 34 heavy (non-hydrogen) atoms. The summed E-state index contributed by atoms with van der Waals surface area (Å²) in [4.78, 5) is 29.3. The van der Waals surface area contributed by atoms with E-state index >= 15 is 0 Å². The molecule has 0 fully saturated rings. The van der Waals surface area contributed by atoms with Crippen LogP contribution in [0.5, 0.6) is 11.5 Å². The molecule has 0 bridgehead atoms. The molecule has 0 unspecified atom stereocenters. The lowest BCUT2D eigenvalue weighted by molar-refractivity contribution is -0.119. The van der Waals surface area contributed by atoms with E-state index in [9.17, 15) is 9.59 Å². The zero-order valence-electron chi connectivity index (χ0n) is 19.3. The van der Waals surface area contributed by atoms with Crippen molar-refractivity contribution in [2.24, 2.45) is 0 Å². The van der Waals surface area contributed by atoms with Gasteiger partial charge in [-0.2, -0.15) is 0 Å². The molecule has 4 rings (SSSR count). The minimum atomic E-state index is -0.295. The number of nitrogens with zero attached hydrogens (tertiary/aromatic N) is 1. The summed E-state index contributed by atoms with van der Waals surface area (Å²) in [6, 6.07) is 15.4. The fourth-order valence-corrected chi connectivity index (χ4v) is 5.53. The minimum absolute atomic E-state index is 0.0521. The van der Waals surface area contributed by atoms with Crippen LogP contribution in [-0.2, 0) is 16.0 Å². The van der Waals surface area contributed by atoms with Crippen molar-refractivity contribution in [3.05, 3.63) is 54.1 Å². The Balaban J connectivity index is 1.46. The standard InChI is InChI=1S/C25H27N3O4S2/c1-4-26-20(30)15-33-24-28-21(16-9-6-5-7-10-16)23(34-24)27-19(29)14-31-18-12-8-11-17-13-25(2,3)32-22(17)18/h5-12H,4,13-15H2,1-3H3,(H,26,30)(H,27,29). The maximum atomic E-state index is 12.8. The van der Waals surface area contributed by atoms with E-state index in [1.165, 1.54) is 23.1 Å². The van der Waals surface area contributed by atoms with Crippen LogP contribution in [-0.4, -0.2) is 41.3 Å². The van der Waals surface area contributed by atoms with Crippen LogP contribution in [0.2, 0.25) is 0 Å². The number of hydrogen-bond donors (Lipinski definition) is 2. The minimum Gasteiger partial charge on any atom is -0.483 e. The number of benzene rings is 2. The fourth-order valence-electron chi connectivity index (χ4n) is 3.62. The van der Waals surface area contributed by atoms with Crippen LogP contribution in [0, 0.1) is 0 Å². The molecule has 0 spiro atoms. The molecule has 2 aromatic carbocycles. The van der Waals surface area contributed by atoms with Crippen LogP contribution >= 0.6 is 23.1 Å². The first kappa shape index (κ1) is 24.1. The van der Waals surface area contributed by atoms with Crippen LogP contribution in [0.4, 0.5) is 5.00 Å². The van der Waals surface area contributed by atoms with Gasteiger partial charge in [0.05, 0.1) is 5.75 Å². The smallest absolute Gasteiger partial charge is 0.262 e. The fraction of sp³-hybridized carbons (Fsp3) is 0.320. The Kier molecular flexibility index (Phi) is 7.43.